The van der Waals surface area contributed by atoms with Crippen LogP contribution < -0.4 is 5.32 Å². The molecule has 0 saturated heterocycles. The molecule has 1 aliphatic carbocycles. The highest BCUT2D eigenvalue weighted by molar-refractivity contribution is 5.83. The second kappa shape index (κ2) is 3.35. The molecule has 0 spiro atoms. The topological polar surface area (TPSA) is 27.8 Å². The standard InChI is InChI=1S/C12H13FN2/c13-9-1-4-12-11(5-9)8(7-15-12)6-14-10-2-3-10/h1,4-5,7,10,14-15H,2-3,6H2. The van der Waals surface area contributed by atoms with Crippen LogP contribution in [0.15, 0.2) is 24.4 Å². The van der Waals surface area contributed by atoms with Gasteiger partial charge in [-0.3, -0.25) is 0 Å². The number of hydrogen-bond donors (Lipinski definition) is 2. The average molecular weight is 204 g/mol. The van der Waals surface area contributed by atoms with Gasteiger partial charge in [-0.05, 0) is 36.6 Å². The van der Waals surface area contributed by atoms with Crippen LogP contribution >= 0.6 is 0 Å². The normalized spacial score (nSPS) is 16.1. The van der Waals surface area contributed by atoms with Crippen molar-refractivity contribution in [3.05, 3.63) is 35.8 Å². The van der Waals surface area contributed by atoms with Crippen LogP contribution in [0.5, 0.6) is 0 Å². The van der Waals surface area contributed by atoms with Gasteiger partial charge >= 0.3 is 0 Å². The van der Waals surface area contributed by atoms with E-state index in [0.717, 1.165) is 23.0 Å². The van der Waals surface area contributed by atoms with Gasteiger partial charge in [-0.1, -0.05) is 0 Å². The number of aromatic nitrogens is 1. The number of halogens is 1. The van der Waals surface area contributed by atoms with E-state index in [-0.39, 0.29) is 5.82 Å². The van der Waals surface area contributed by atoms with Gasteiger partial charge in [0, 0.05) is 29.7 Å². The highest BCUT2D eigenvalue weighted by Crippen LogP contribution is 2.22. The Morgan fingerprint density at radius 1 is 1.40 bits per heavy atom. The third-order valence-corrected chi connectivity index (χ3v) is 2.89. The maximum atomic E-state index is 13.1. The highest BCUT2D eigenvalue weighted by Gasteiger charge is 2.20. The van der Waals surface area contributed by atoms with Gasteiger partial charge in [-0.25, -0.2) is 4.39 Å². The zero-order chi connectivity index (χ0) is 10.3. The minimum absolute atomic E-state index is 0.172. The van der Waals surface area contributed by atoms with E-state index < -0.39 is 0 Å². The molecule has 0 bridgehead atoms. The van der Waals surface area contributed by atoms with Crippen LogP contribution in [0.25, 0.3) is 10.9 Å². The van der Waals surface area contributed by atoms with E-state index in [9.17, 15) is 4.39 Å². The largest absolute Gasteiger partial charge is 0.361 e. The molecule has 1 saturated carbocycles. The molecule has 0 amide bonds. The molecule has 2 nitrogen and oxygen atoms in total. The monoisotopic (exact) mass is 204 g/mol. The summed E-state index contributed by atoms with van der Waals surface area (Å²) in [5.74, 6) is -0.172. The number of H-pyrrole nitrogens is 1. The van der Waals surface area contributed by atoms with Gasteiger partial charge in [0.15, 0.2) is 0 Å². The van der Waals surface area contributed by atoms with E-state index in [1.807, 2.05) is 6.20 Å². The Hall–Kier alpha value is -1.35. The molecule has 0 unspecified atom stereocenters. The first-order chi connectivity index (χ1) is 7.33. The second-order valence-electron chi connectivity index (χ2n) is 4.16. The molecular weight excluding hydrogens is 191 g/mol. The molecule has 3 rings (SSSR count). The molecule has 1 fully saturated rings. The summed E-state index contributed by atoms with van der Waals surface area (Å²) in [7, 11) is 0. The van der Waals surface area contributed by atoms with Crippen LogP contribution in [-0.2, 0) is 6.54 Å². The molecule has 1 aromatic carbocycles. The molecule has 78 valence electrons. The fraction of sp³-hybridized carbons (Fsp3) is 0.333. The van der Waals surface area contributed by atoms with Crippen molar-refractivity contribution in [2.45, 2.75) is 25.4 Å². The summed E-state index contributed by atoms with van der Waals surface area (Å²) in [5, 5.41) is 4.42. The molecule has 0 radical (unpaired) electrons. The fourth-order valence-corrected chi connectivity index (χ4v) is 1.84. The van der Waals surface area contributed by atoms with Crippen LogP contribution in [-0.4, -0.2) is 11.0 Å². The minimum atomic E-state index is -0.172. The van der Waals surface area contributed by atoms with E-state index >= 15 is 0 Å². The molecule has 3 heteroatoms. The number of nitrogens with one attached hydrogen (secondary N) is 2. The number of aromatic amines is 1. The number of rotatable bonds is 3. The first-order valence-electron chi connectivity index (χ1n) is 5.32. The Morgan fingerprint density at radius 3 is 3.07 bits per heavy atom. The van der Waals surface area contributed by atoms with Crippen LogP contribution in [0.3, 0.4) is 0 Å². The number of hydrogen-bond acceptors (Lipinski definition) is 1. The van der Waals surface area contributed by atoms with Crippen molar-refractivity contribution in [3.63, 3.8) is 0 Å². The Morgan fingerprint density at radius 2 is 2.27 bits per heavy atom. The third-order valence-electron chi connectivity index (χ3n) is 2.89. The fourth-order valence-electron chi connectivity index (χ4n) is 1.84. The lowest BCUT2D eigenvalue weighted by Crippen LogP contribution is -2.14. The van der Waals surface area contributed by atoms with Crippen molar-refractivity contribution in [2.24, 2.45) is 0 Å². The van der Waals surface area contributed by atoms with E-state index in [0.29, 0.717) is 6.04 Å². The highest BCUT2D eigenvalue weighted by atomic mass is 19.1. The maximum absolute atomic E-state index is 13.1. The summed E-state index contributed by atoms with van der Waals surface area (Å²) in [6.07, 6.45) is 4.51. The molecular formula is C12H13FN2. The summed E-state index contributed by atoms with van der Waals surface area (Å²) < 4.78 is 13.1. The minimum Gasteiger partial charge on any atom is -0.361 e. The van der Waals surface area contributed by atoms with Crippen molar-refractivity contribution in [3.8, 4) is 0 Å². The average Bonchev–Trinajstić information content (AvgIpc) is 2.97. The lowest BCUT2D eigenvalue weighted by molar-refractivity contribution is 0.629. The van der Waals surface area contributed by atoms with Gasteiger partial charge < -0.3 is 10.3 Å². The Bertz CT molecular complexity index is 485. The van der Waals surface area contributed by atoms with Crippen LogP contribution in [0.4, 0.5) is 4.39 Å². The summed E-state index contributed by atoms with van der Waals surface area (Å²) in [6.45, 7) is 0.827. The van der Waals surface area contributed by atoms with E-state index in [4.69, 9.17) is 0 Å². The van der Waals surface area contributed by atoms with Crippen LogP contribution in [0.1, 0.15) is 18.4 Å². The van der Waals surface area contributed by atoms with Gasteiger partial charge in [-0.2, -0.15) is 0 Å². The van der Waals surface area contributed by atoms with Gasteiger partial charge in [-0.15, -0.1) is 0 Å². The summed E-state index contributed by atoms with van der Waals surface area (Å²) in [4.78, 5) is 3.15. The lowest BCUT2D eigenvalue weighted by Gasteiger charge is -2.00. The first-order valence-corrected chi connectivity index (χ1v) is 5.32. The molecule has 15 heavy (non-hydrogen) atoms. The molecule has 1 aromatic heterocycles. The Balaban J connectivity index is 1.91. The van der Waals surface area contributed by atoms with Crippen molar-refractivity contribution in [1.29, 1.82) is 0 Å². The van der Waals surface area contributed by atoms with Crippen LogP contribution in [0.2, 0.25) is 0 Å². The third kappa shape index (κ3) is 1.75. The Labute approximate surface area is 87.5 Å². The summed E-state index contributed by atoms with van der Waals surface area (Å²) in [5.41, 5.74) is 2.15. The summed E-state index contributed by atoms with van der Waals surface area (Å²) >= 11 is 0. The smallest absolute Gasteiger partial charge is 0.123 e. The van der Waals surface area contributed by atoms with E-state index in [1.165, 1.54) is 18.9 Å². The van der Waals surface area contributed by atoms with Crippen LogP contribution in [0, 0.1) is 5.82 Å². The summed E-state index contributed by atoms with van der Waals surface area (Å²) in [6, 6.07) is 5.54. The molecule has 1 aliphatic rings. The van der Waals surface area contributed by atoms with E-state index in [2.05, 4.69) is 10.3 Å². The number of benzene rings is 1. The van der Waals surface area contributed by atoms with Crippen molar-refractivity contribution in [1.82, 2.24) is 10.3 Å². The van der Waals surface area contributed by atoms with Gasteiger partial charge in [0.25, 0.3) is 0 Å². The lowest BCUT2D eigenvalue weighted by atomic mass is 10.1. The van der Waals surface area contributed by atoms with Gasteiger partial charge in [0.1, 0.15) is 5.82 Å². The quantitative estimate of drug-likeness (QED) is 0.790. The van der Waals surface area contributed by atoms with Gasteiger partial charge in [0.05, 0.1) is 0 Å². The predicted octanol–water partition coefficient (Wildman–Crippen LogP) is 2.56. The molecule has 0 atom stereocenters. The zero-order valence-electron chi connectivity index (χ0n) is 8.39. The molecule has 0 aliphatic heterocycles. The first kappa shape index (κ1) is 8.92. The molecule has 2 N–H and O–H groups in total. The zero-order valence-corrected chi connectivity index (χ0v) is 8.39. The van der Waals surface area contributed by atoms with Gasteiger partial charge in [0.2, 0.25) is 0 Å². The SMILES string of the molecule is Fc1ccc2[nH]cc(CNC3CC3)c2c1. The van der Waals surface area contributed by atoms with E-state index in [1.54, 1.807) is 12.1 Å². The van der Waals surface area contributed by atoms with Crippen molar-refractivity contribution in [2.75, 3.05) is 0 Å². The van der Waals surface area contributed by atoms with Crippen molar-refractivity contribution < 1.29 is 4.39 Å². The predicted molar refractivity (Wildman–Crippen MR) is 58.1 cm³/mol. The molecule has 1 heterocycles. The Kier molecular flexibility index (Phi) is 1.99. The molecule has 2 aromatic rings. The second-order valence-corrected chi connectivity index (χ2v) is 4.16. The van der Waals surface area contributed by atoms with Crippen molar-refractivity contribution >= 4 is 10.9 Å². The maximum Gasteiger partial charge on any atom is 0.123 e. The number of fused-ring (bicyclic) bond motifs is 1.